The molecule has 2 saturated carbocycles. The number of rotatable bonds is 4. The molecule has 4 atom stereocenters. The second kappa shape index (κ2) is 7.11. The van der Waals surface area contributed by atoms with Crippen molar-refractivity contribution in [2.24, 2.45) is 23.7 Å². The van der Waals surface area contributed by atoms with Gasteiger partial charge in [-0.3, -0.25) is 4.79 Å². The first-order valence-electron chi connectivity index (χ1n) is 9.54. The van der Waals surface area contributed by atoms with Crippen molar-refractivity contribution in [1.82, 2.24) is 9.21 Å². The quantitative estimate of drug-likeness (QED) is 0.701. The van der Waals surface area contributed by atoms with Crippen molar-refractivity contribution in [3.63, 3.8) is 0 Å². The first-order valence-corrected chi connectivity index (χ1v) is 11.0. The molecule has 0 aromatic heterocycles. The Morgan fingerprint density at radius 1 is 0.964 bits per heavy atom. The van der Waals surface area contributed by atoms with Gasteiger partial charge in [0.05, 0.1) is 4.90 Å². The van der Waals surface area contributed by atoms with Crippen LogP contribution in [-0.4, -0.2) is 55.7 Å². The van der Waals surface area contributed by atoms with Crippen LogP contribution in [0.25, 0.3) is 0 Å². The van der Waals surface area contributed by atoms with Crippen LogP contribution in [-0.2, 0) is 19.6 Å². The highest BCUT2D eigenvalue weighted by molar-refractivity contribution is 7.89. The Hall–Kier alpha value is -2.00. The van der Waals surface area contributed by atoms with E-state index in [4.69, 9.17) is 0 Å². The summed E-state index contributed by atoms with van der Waals surface area (Å²) in [5.74, 6) is -3.03. The predicted octanol–water partition coefficient (Wildman–Crippen LogP) is 0.0708. The Morgan fingerprint density at radius 3 is 2.11 bits per heavy atom. The van der Waals surface area contributed by atoms with Crippen LogP contribution >= 0.6 is 0 Å². The second-order valence-electron chi connectivity index (χ2n) is 7.89. The molecule has 1 aromatic rings. The number of carboxylic acid groups (broad SMARTS) is 1. The maximum atomic E-state index is 13.1. The number of carbonyl (C=O) groups excluding carboxylic acids is 2. The van der Waals surface area contributed by atoms with E-state index in [0.29, 0.717) is 0 Å². The molecule has 1 saturated heterocycles. The van der Waals surface area contributed by atoms with Crippen LogP contribution in [0.1, 0.15) is 19.3 Å². The van der Waals surface area contributed by atoms with Crippen LogP contribution in [0.15, 0.2) is 29.2 Å². The predicted molar refractivity (Wildman–Crippen MR) is 94.6 cm³/mol. The third-order valence-corrected chi connectivity index (χ3v) is 8.39. The van der Waals surface area contributed by atoms with Gasteiger partial charge in [-0.1, -0.05) is 0 Å². The fourth-order valence-electron chi connectivity index (χ4n) is 5.10. The molecular weight excluding hydrogens is 387 g/mol. The third-order valence-electron chi connectivity index (χ3n) is 6.48. The number of amides is 1. The van der Waals surface area contributed by atoms with E-state index in [1.54, 1.807) is 4.90 Å². The van der Waals surface area contributed by atoms with E-state index in [1.165, 1.54) is 16.4 Å². The molecule has 9 heteroatoms. The Balaban J connectivity index is 1.43. The average molecular weight is 409 g/mol. The second-order valence-corrected chi connectivity index (χ2v) is 9.83. The summed E-state index contributed by atoms with van der Waals surface area (Å²) >= 11 is 0. The molecular formula is C19H22FN2O5S-. The highest BCUT2D eigenvalue weighted by Crippen LogP contribution is 2.52. The average Bonchev–Trinajstić information content (AvgIpc) is 3.29. The minimum atomic E-state index is -3.75. The van der Waals surface area contributed by atoms with Gasteiger partial charge in [0.2, 0.25) is 15.9 Å². The van der Waals surface area contributed by atoms with Crippen LogP contribution in [0.5, 0.6) is 0 Å². The van der Waals surface area contributed by atoms with Gasteiger partial charge in [0.15, 0.2) is 0 Å². The van der Waals surface area contributed by atoms with E-state index in [0.717, 1.165) is 31.4 Å². The number of aliphatic carboxylic acids is 1. The summed E-state index contributed by atoms with van der Waals surface area (Å²) in [4.78, 5) is 26.1. The summed E-state index contributed by atoms with van der Waals surface area (Å²) in [5, 5.41) is 11.6. The van der Waals surface area contributed by atoms with Crippen molar-refractivity contribution in [3.05, 3.63) is 30.1 Å². The zero-order chi connectivity index (χ0) is 20.1. The van der Waals surface area contributed by atoms with Crippen LogP contribution in [0.2, 0.25) is 0 Å². The highest BCUT2D eigenvalue weighted by atomic mass is 32.2. The molecule has 0 spiro atoms. The van der Waals surface area contributed by atoms with Gasteiger partial charge in [-0.15, -0.1) is 0 Å². The lowest BCUT2D eigenvalue weighted by Crippen LogP contribution is -2.54. The van der Waals surface area contributed by atoms with Crippen molar-refractivity contribution >= 4 is 21.9 Å². The van der Waals surface area contributed by atoms with Crippen LogP contribution in [0.3, 0.4) is 0 Å². The van der Waals surface area contributed by atoms with Gasteiger partial charge in [-0.25, -0.2) is 12.8 Å². The molecule has 3 fully saturated rings. The van der Waals surface area contributed by atoms with Crippen LogP contribution in [0, 0.1) is 29.5 Å². The van der Waals surface area contributed by atoms with E-state index < -0.39 is 33.6 Å². The van der Waals surface area contributed by atoms with Gasteiger partial charge in [0.1, 0.15) is 5.82 Å². The zero-order valence-electron chi connectivity index (χ0n) is 15.3. The Labute approximate surface area is 163 Å². The maximum Gasteiger partial charge on any atom is 0.243 e. The van der Waals surface area contributed by atoms with Gasteiger partial charge < -0.3 is 14.8 Å². The zero-order valence-corrected chi connectivity index (χ0v) is 16.1. The van der Waals surface area contributed by atoms with E-state index in [2.05, 4.69) is 0 Å². The SMILES string of the molecule is O=C([O-])[C@H]1[C@H]2CC[C@H](C2)[C@H]1C(=O)N1CCN(S(=O)(=O)c2ccc(F)cc2)CC1. The summed E-state index contributed by atoms with van der Waals surface area (Å²) in [6.07, 6.45) is 2.45. The van der Waals surface area contributed by atoms with E-state index >= 15 is 0 Å². The molecule has 0 radical (unpaired) electrons. The third kappa shape index (κ3) is 3.20. The van der Waals surface area contributed by atoms with Gasteiger partial charge in [-0.05, 0) is 55.4 Å². The fourth-order valence-corrected chi connectivity index (χ4v) is 6.52. The minimum Gasteiger partial charge on any atom is -0.550 e. The topological polar surface area (TPSA) is 97.8 Å². The molecule has 7 nitrogen and oxygen atoms in total. The smallest absolute Gasteiger partial charge is 0.243 e. The van der Waals surface area contributed by atoms with E-state index in [-0.39, 0.29) is 48.8 Å². The summed E-state index contributed by atoms with van der Waals surface area (Å²) in [6, 6.07) is 4.65. The fraction of sp³-hybridized carbons (Fsp3) is 0.579. The Morgan fingerprint density at radius 2 is 1.54 bits per heavy atom. The minimum absolute atomic E-state index is 0.0128. The Bertz CT molecular complexity index is 880. The standard InChI is InChI=1S/C19H23FN2O5S/c20-14-3-5-15(6-4-14)28(26,27)22-9-7-21(8-10-22)18(23)16-12-1-2-13(11-12)17(16)19(24)25/h3-6,12-13,16-17H,1-2,7-11H2,(H,24,25)/p-1/t12-,13+,16-,17+/m1/s1. The summed E-state index contributed by atoms with van der Waals surface area (Å²) in [7, 11) is -3.75. The molecule has 2 bridgehead atoms. The van der Waals surface area contributed by atoms with Crippen LogP contribution in [0.4, 0.5) is 4.39 Å². The number of fused-ring (bicyclic) bond motifs is 2. The molecule has 1 aliphatic heterocycles. The molecule has 152 valence electrons. The summed E-state index contributed by atoms with van der Waals surface area (Å²) in [6.45, 7) is 0.685. The molecule has 1 aromatic carbocycles. The maximum absolute atomic E-state index is 13.1. The van der Waals surface area contributed by atoms with Crippen molar-refractivity contribution in [2.45, 2.75) is 24.2 Å². The van der Waals surface area contributed by atoms with Gasteiger partial charge in [0.25, 0.3) is 0 Å². The number of carboxylic acids is 1. The van der Waals surface area contributed by atoms with Gasteiger partial charge in [0, 0.05) is 44.0 Å². The number of sulfonamides is 1. The van der Waals surface area contributed by atoms with Crippen molar-refractivity contribution in [3.8, 4) is 0 Å². The lowest BCUT2D eigenvalue weighted by Gasteiger charge is -2.39. The van der Waals surface area contributed by atoms with Crippen molar-refractivity contribution in [1.29, 1.82) is 0 Å². The first-order chi connectivity index (χ1) is 13.3. The molecule has 2 aliphatic carbocycles. The normalized spacial score (nSPS) is 30.5. The number of hydrogen-bond donors (Lipinski definition) is 0. The number of carbonyl (C=O) groups is 2. The molecule has 4 rings (SSSR count). The van der Waals surface area contributed by atoms with Gasteiger partial charge in [-0.2, -0.15) is 4.31 Å². The molecule has 28 heavy (non-hydrogen) atoms. The lowest BCUT2D eigenvalue weighted by atomic mass is 9.78. The monoisotopic (exact) mass is 409 g/mol. The molecule has 3 aliphatic rings. The number of piperazine rings is 1. The Kier molecular flexibility index (Phi) is 4.91. The number of halogens is 1. The molecule has 0 N–H and O–H groups in total. The number of nitrogens with zero attached hydrogens (tertiary/aromatic N) is 2. The first kappa shape index (κ1) is 19.3. The summed E-state index contributed by atoms with van der Waals surface area (Å²) in [5.41, 5.74) is 0. The summed E-state index contributed by atoms with van der Waals surface area (Å²) < 4.78 is 39.7. The largest absolute Gasteiger partial charge is 0.550 e. The number of benzene rings is 1. The van der Waals surface area contributed by atoms with Crippen LogP contribution < -0.4 is 5.11 Å². The van der Waals surface area contributed by atoms with Gasteiger partial charge >= 0.3 is 0 Å². The van der Waals surface area contributed by atoms with Crippen molar-refractivity contribution < 1.29 is 27.5 Å². The van der Waals surface area contributed by atoms with E-state index in [1.807, 2.05) is 0 Å². The highest BCUT2D eigenvalue weighted by Gasteiger charge is 2.52. The van der Waals surface area contributed by atoms with Crippen molar-refractivity contribution in [2.75, 3.05) is 26.2 Å². The molecule has 1 heterocycles. The number of hydrogen-bond acceptors (Lipinski definition) is 5. The van der Waals surface area contributed by atoms with E-state index in [9.17, 15) is 27.5 Å². The lowest BCUT2D eigenvalue weighted by molar-refractivity contribution is -0.314. The molecule has 0 unspecified atom stereocenters. The molecule has 1 amide bonds.